The van der Waals surface area contributed by atoms with Gasteiger partial charge in [0, 0.05) is 24.7 Å². The molecule has 1 aliphatic rings. The van der Waals surface area contributed by atoms with Gasteiger partial charge in [0.15, 0.2) is 5.82 Å². The number of aromatic nitrogens is 2. The van der Waals surface area contributed by atoms with Crippen LogP contribution in [0.25, 0.3) is 0 Å². The second kappa shape index (κ2) is 6.98. The van der Waals surface area contributed by atoms with E-state index in [1.165, 1.54) is 37.9 Å². The summed E-state index contributed by atoms with van der Waals surface area (Å²) in [7, 11) is 0. The summed E-state index contributed by atoms with van der Waals surface area (Å²) >= 11 is 0. The highest BCUT2D eigenvalue weighted by Crippen LogP contribution is 2.19. The van der Waals surface area contributed by atoms with Crippen LogP contribution in [0, 0.1) is 5.82 Å². The Bertz CT molecular complexity index is 652. The molecule has 0 bridgehead atoms. The van der Waals surface area contributed by atoms with Crippen LogP contribution in [0.15, 0.2) is 41.8 Å². The number of anilines is 2. The largest absolute Gasteiger partial charge is 0.356 e. The van der Waals surface area contributed by atoms with Gasteiger partial charge in [0.05, 0.1) is 6.21 Å². The zero-order valence-electron chi connectivity index (χ0n) is 12.2. The standard InChI is InChI=1S/C16H18FN5/c17-14-7-3-2-6-13(14)11-20-21-15-10-16(19-12-18-15)22-8-4-1-5-9-22/h2-3,6-7,10-12H,1,4-5,8-9H2,(H,18,19,21)/b20-11+. The number of hydrazone groups is 1. The van der Waals surface area contributed by atoms with Crippen molar-refractivity contribution in [2.24, 2.45) is 5.10 Å². The predicted molar refractivity (Wildman–Crippen MR) is 85.7 cm³/mol. The van der Waals surface area contributed by atoms with E-state index in [2.05, 4.69) is 25.4 Å². The van der Waals surface area contributed by atoms with Crippen LogP contribution in [0.2, 0.25) is 0 Å². The van der Waals surface area contributed by atoms with Gasteiger partial charge in [-0.15, -0.1) is 0 Å². The summed E-state index contributed by atoms with van der Waals surface area (Å²) in [5, 5.41) is 4.04. The number of halogens is 1. The van der Waals surface area contributed by atoms with Gasteiger partial charge in [-0.1, -0.05) is 18.2 Å². The second-order valence-electron chi connectivity index (χ2n) is 5.20. The molecule has 1 aliphatic heterocycles. The third kappa shape index (κ3) is 3.58. The lowest BCUT2D eigenvalue weighted by Crippen LogP contribution is -2.30. The van der Waals surface area contributed by atoms with Crippen molar-refractivity contribution in [1.82, 2.24) is 9.97 Å². The van der Waals surface area contributed by atoms with Gasteiger partial charge >= 0.3 is 0 Å². The van der Waals surface area contributed by atoms with Crippen molar-refractivity contribution in [2.45, 2.75) is 19.3 Å². The van der Waals surface area contributed by atoms with Crippen molar-refractivity contribution >= 4 is 17.9 Å². The Hall–Kier alpha value is -2.50. The zero-order valence-corrected chi connectivity index (χ0v) is 12.2. The molecule has 114 valence electrons. The number of rotatable bonds is 4. The van der Waals surface area contributed by atoms with Crippen molar-refractivity contribution in [3.05, 3.63) is 48.0 Å². The first-order valence-corrected chi connectivity index (χ1v) is 7.43. The van der Waals surface area contributed by atoms with E-state index in [9.17, 15) is 4.39 Å². The summed E-state index contributed by atoms with van der Waals surface area (Å²) in [5.74, 6) is 1.20. The van der Waals surface area contributed by atoms with Crippen molar-refractivity contribution in [3.8, 4) is 0 Å². The van der Waals surface area contributed by atoms with Gasteiger partial charge in [0.1, 0.15) is 18.0 Å². The van der Waals surface area contributed by atoms with Crippen LogP contribution in [0.4, 0.5) is 16.0 Å². The van der Waals surface area contributed by atoms with E-state index >= 15 is 0 Å². The summed E-state index contributed by atoms with van der Waals surface area (Å²) in [5.41, 5.74) is 3.26. The van der Waals surface area contributed by atoms with Gasteiger partial charge < -0.3 is 4.90 Å². The minimum absolute atomic E-state index is 0.301. The summed E-state index contributed by atoms with van der Waals surface area (Å²) in [6, 6.07) is 8.35. The first-order valence-electron chi connectivity index (χ1n) is 7.43. The molecule has 6 heteroatoms. The van der Waals surface area contributed by atoms with Gasteiger partial charge in [0.25, 0.3) is 0 Å². The van der Waals surface area contributed by atoms with E-state index in [4.69, 9.17) is 0 Å². The lowest BCUT2D eigenvalue weighted by Gasteiger charge is -2.27. The summed E-state index contributed by atoms with van der Waals surface area (Å²) in [6.45, 7) is 2.05. The molecule has 3 rings (SSSR count). The Balaban J connectivity index is 1.66. The molecule has 0 spiro atoms. The molecule has 0 unspecified atom stereocenters. The van der Waals surface area contributed by atoms with Gasteiger partial charge in [-0.25, -0.2) is 14.4 Å². The maximum atomic E-state index is 13.5. The van der Waals surface area contributed by atoms with Crippen LogP contribution in [0.3, 0.4) is 0 Å². The third-order valence-corrected chi connectivity index (χ3v) is 3.62. The minimum atomic E-state index is -0.301. The van der Waals surface area contributed by atoms with Crippen LogP contribution in [-0.2, 0) is 0 Å². The number of hydrogen-bond acceptors (Lipinski definition) is 5. The smallest absolute Gasteiger partial charge is 0.151 e. The van der Waals surface area contributed by atoms with E-state index in [1.807, 2.05) is 6.07 Å². The number of nitrogens with zero attached hydrogens (tertiary/aromatic N) is 4. The summed E-state index contributed by atoms with van der Waals surface area (Å²) in [6.07, 6.45) is 6.62. The molecule has 2 heterocycles. The zero-order chi connectivity index (χ0) is 15.2. The number of hydrogen-bond donors (Lipinski definition) is 1. The molecule has 0 atom stereocenters. The van der Waals surface area contributed by atoms with Gasteiger partial charge in [-0.3, -0.25) is 5.43 Å². The summed E-state index contributed by atoms with van der Waals surface area (Å²) in [4.78, 5) is 10.7. The Morgan fingerprint density at radius 3 is 2.77 bits per heavy atom. The molecule has 2 aromatic rings. The lowest BCUT2D eigenvalue weighted by molar-refractivity contribution is 0.573. The molecule has 22 heavy (non-hydrogen) atoms. The van der Waals surface area contributed by atoms with Crippen LogP contribution in [0.1, 0.15) is 24.8 Å². The van der Waals surface area contributed by atoms with Gasteiger partial charge in [-0.05, 0) is 25.3 Å². The molecule has 0 radical (unpaired) electrons. The normalized spacial score (nSPS) is 15.2. The fourth-order valence-corrected chi connectivity index (χ4v) is 2.45. The van der Waals surface area contributed by atoms with E-state index in [1.54, 1.807) is 18.2 Å². The first kappa shape index (κ1) is 14.4. The third-order valence-electron chi connectivity index (χ3n) is 3.62. The van der Waals surface area contributed by atoms with Crippen LogP contribution in [0.5, 0.6) is 0 Å². The predicted octanol–water partition coefficient (Wildman–Crippen LogP) is 3.05. The van der Waals surface area contributed by atoms with E-state index in [0.29, 0.717) is 11.4 Å². The van der Waals surface area contributed by atoms with Crippen LogP contribution < -0.4 is 10.3 Å². The van der Waals surface area contributed by atoms with Crippen molar-refractivity contribution < 1.29 is 4.39 Å². The average Bonchev–Trinajstić information content (AvgIpc) is 2.58. The van der Waals surface area contributed by atoms with E-state index < -0.39 is 0 Å². The molecule has 5 nitrogen and oxygen atoms in total. The number of benzene rings is 1. The minimum Gasteiger partial charge on any atom is -0.356 e. The number of nitrogens with one attached hydrogen (secondary N) is 1. The van der Waals surface area contributed by atoms with Crippen molar-refractivity contribution in [3.63, 3.8) is 0 Å². The van der Waals surface area contributed by atoms with E-state index in [-0.39, 0.29) is 5.82 Å². The Labute approximate surface area is 128 Å². The molecule has 1 N–H and O–H groups in total. The fourth-order valence-electron chi connectivity index (χ4n) is 2.45. The molecule has 1 aromatic carbocycles. The molecule has 1 aromatic heterocycles. The highest BCUT2D eigenvalue weighted by atomic mass is 19.1. The van der Waals surface area contributed by atoms with Crippen molar-refractivity contribution in [2.75, 3.05) is 23.4 Å². The fraction of sp³-hybridized carbons (Fsp3) is 0.312. The highest BCUT2D eigenvalue weighted by molar-refractivity contribution is 5.80. The molecule has 0 saturated carbocycles. The van der Waals surface area contributed by atoms with Crippen molar-refractivity contribution in [1.29, 1.82) is 0 Å². The van der Waals surface area contributed by atoms with Gasteiger partial charge in [-0.2, -0.15) is 5.10 Å². The molecule has 1 saturated heterocycles. The first-order chi connectivity index (χ1) is 10.8. The number of piperidine rings is 1. The Morgan fingerprint density at radius 2 is 1.95 bits per heavy atom. The Kier molecular flexibility index (Phi) is 4.58. The topological polar surface area (TPSA) is 53.4 Å². The Morgan fingerprint density at radius 1 is 1.14 bits per heavy atom. The monoisotopic (exact) mass is 299 g/mol. The molecule has 0 amide bonds. The maximum absolute atomic E-state index is 13.5. The van der Waals surface area contributed by atoms with E-state index in [0.717, 1.165) is 18.9 Å². The lowest BCUT2D eigenvalue weighted by atomic mass is 10.1. The van der Waals surface area contributed by atoms with Crippen LogP contribution >= 0.6 is 0 Å². The molecular formula is C16H18FN5. The maximum Gasteiger partial charge on any atom is 0.151 e. The molecule has 1 fully saturated rings. The average molecular weight is 299 g/mol. The highest BCUT2D eigenvalue weighted by Gasteiger charge is 2.12. The molecule has 0 aliphatic carbocycles. The van der Waals surface area contributed by atoms with Gasteiger partial charge in [0.2, 0.25) is 0 Å². The molecular weight excluding hydrogens is 281 g/mol. The SMILES string of the molecule is Fc1ccccc1/C=N/Nc1cc(N2CCCCC2)ncn1. The summed E-state index contributed by atoms with van der Waals surface area (Å²) < 4.78 is 13.5. The van der Waals surface area contributed by atoms with Crippen LogP contribution in [-0.4, -0.2) is 29.3 Å². The second-order valence-corrected chi connectivity index (χ2v) is 5.20. The quantitative estimate of drug-likeness (QED) is 0.696.